The molecule has 0 unspecified atom stereocenters. The molecule has 0 aromatic heterocycles. The first kappa shape index (κ1) is 16.2. The van der Waals surface area contributed by atoms with E-state index in [1.165, 1.54) is 0 Å². The molecule has 1 amide bonds. The van der Waals surface area contributed by atoms with E-state index in [1.807, 2.05) is 25.1 Å². The van der Waals surface area contributed by atoms with E-state index >= 15 is 0 Å². The van der Waals surface area contributed by atoms with Crippen molar-refractivity contribution in [2.75, 3.05) is 19.8 Å². The van der Waals surface area contributed by atoms with Crippen LogP contribution in [0.25, 0.3) is 0 Å². The van der Waals surface area contributed by atoms with Crippen LogP contribution in [-0.4, -0.2) is 25.7 Å². The van der Waals surface area contributed by atoms with Crippen LogP contribution in [0, 0.1) is 6.92 Å². The van der Waals surface area contributed by atoms with Crippen LogP contribution in [-0.2, 0) is 4.74 Å². The molecule has 0 heterocycles. The number of unbranched alkanes of at least 4 members (excludes halogenated alkanes) is 1. The molecule has 3 nitrogen and oxygen atoms in total. The van der Waals surface area contributed by atoms with Crippen LogP contribution < -0.4 is 5.32 Å². The summed E-state index contributed by atoms with van der Waals surface area (Å²) in [5, 5.41) is 2.90. The molecule has 1 aromatic carbocycles. The molecule has 0 aliphatic rings. The van der Waals surface area contributed by atoms with E-state index in [0.717, 1.165) is 35.9 Å². The van der Waals surface area contributed by atoms with Gasteiger partial charge in [-0.1, -0.05) is 35.3 Å². The van der Waals surface area contributed by atoms with Gasteiger partial charge >= 0.3 is 0 Å². The molecule has 0 radical (unpaired) electrons. The van der Waals surface area contributed by atoms with Crippen LogP contribution in [0.4, 0.5) is 0 Å². The molecule has 1 aromatic rings. The molecule has 0 aliphatic carbocycles. The molecular formula is C15H22BrNO2. The summed E-state index contributed by atoms with van der Waals surface area (Å²) in [6, 6.07) is 5.63. The topological polar surface area (TPSA) is 38.3 Å². The van der Waals surface area contributed by atoms with Gasteiger partial charge in [0.2, 0.25) is 0 Å². The Morgan fingerprint density at radius 2 is 2.05 bits per heavy atom. The van der Waals surface area contributed by atoms with Gasteiger partial charge < -0.3 is 10.1 Å². The molecule has 0 aliphatic heterocycles. The maximum Gasteiger partial charge on any atom is 0.251 e. The van der Waals surface area contributed by atoms with Gasteiger partial charge in [-0.15, -0.1) is 0 Å². The minimum Gasteiger partial charge on any atom is -0.381 e. The van der Waals surface area contributed by atoms with Gasteiger partial charge in [0.25, 0.3) is 5.91 Å². The number of carbonyl (C=O) groups excluding carboxylic acids is 1. The van der Waals surface area contributed by atoms with Crippen LogP contribution in [0.15, 0.2) is 22.7 Å². The van der Waals surface area contributed by atoms with Gasteiger partial charge in [0.1, 0.15) is 0 Å². The van der Waals surface area contributed by atoms with Crippen LogP contribution in [0.2, 0.25) is 0 Å². The Morgan fingerprint density at radius 1 is 1.32 bits per heavy atom. The molecule has 1 N–H and O–H groups in total. The smallest absolute Gasteiger partial charge is 0.251 e. The number of halogens is 1. The van der Waals surface area contributed by atoms with Crippen molar-refractivity contribution in [1.29, 1.82) is 0 Å². The summed E-state index contributed by atoms with van der Waals surface area (Å²) in [6.07, 6.45) is 3.10. The highest BCUT2D eigenvalue weighted by molar-refractivity contribution is 9.10. The Balaban J connectivity index is 2.22. The van der Waals surface area contributed by atoms with Gasteiger partial charge in [0.05, 0.1) is 0 Å². The van der Waals surface area contributed by atoms with E-state index in [0.29, 0.717) is 18.7 Å². The summed E-state index contributed by atoms with van der Waals surface area (Å²) in [6.45, 7) is 6.31. The van der Waals surface area contributed by atoms with Crippen molar-refractivity contribution < 1.29 is 9.53 Å². The molecule has 0 spiro atoms. The average molecular weight is 328 g/mol. The maximum absolute atomic E-state index is 11.9. The fourth-order valence-electron chi connectivity index (χ4n) is 1.56. The van der Waals surface area contributed by atoms with E-state index in [2.05, 4.69) is 28.2 Å². The number of amides is 1. The number of hydrogen-bond donors (Lipinski definition) is 1. The van der Waals surface area contributed by atoms with Gasteiger partial charge in [-0.2, -0.15) is 0 Å². The number of benzene rings is 1. The average Bonchev–Trinajstić information content (AvgIpc) is 2.40. The monoisotopic (exact) mass is 327 g/mol. The summed E-state index contributed by atoms with van der Waals surface area (Å²) in [7, 11) is 0. The van der Waals surface area contributed by atoms with E-state index in [9.17, 15) is 4.79 Å². The van der Waals surface area contributed by atoms with Crippen molar-refractivity contribution in [2.24, 2.45) is 0 Å². The SMILES string of the molecule is CCCCOCCCNC(=O)c1ccc(C)c(Br)c1. The van der Waals surface area contributed by atoms with Gasteiger partial charge in [0.15, 0.2) is 0 Å². The number of aryl methyl sites for hydroxylation is 1. The Labute approximate surface area is 123 Å². The largest absolute Gasteiger partial charge is 0.381 e. The summed E-state index contributed by atoms with van der Waals surface area (Å²) in [5.74, 6) is -0.0331. The molecule has 106 valence electrons. The quantitative estimate of drug-likeness (QED) is 0.739. The van der Waals surface area contributed by atoms with Crippen molar-refractivity contribution in [3.63, 3.8) is 0 Å². The van der Waals surface area contributed by atoms with Crippen molar-refractivity contribution in [1.82, 2.24) is 5.32 Å². The number of nitrogens with one attached hydrogen (secondary N) is 1. The standard InChI is InChI=1S/C15H22BrNO2/c1-3-4-9-19-10-5-8-17-15(18)13-7-6-12(2)14(16)11-13/h6-7,11H,3-5,8-10H2,1-2H3,(H,17,18). The zero-order chi connectivity index (χ0) is 14.1. The molecule has 19 heavy (non-hydrogen) atoms. The molecule has 0 atom stereocenters. The molecule has 0 fully saturated rings. The molecule has 0 saturated heterocycles. The number of hydrogen-bond acceptors (Lipinski definition) is 2. The Morgan fingerprint density at radius 3 is 2.74 bits per heavy atom. The summed E-state index contributed by atoms with van der Waals surface area (Å²) in [4.78, 5) is 11.9. The first-order chi connectivity index (χ1) is 9.15. The molecule has 4 heteroatoms. The molecule has 0 saturated carbocycles. The highest BCUT2D eigenvalue weighted by atomic mass is 79.9. The summed E-state index contributed by atoms with van der Waals surface area (Å²) in [5.41, 5.74) is 1.81. The summed E-state index contributed by atoms with van der Waals surface area (Å²) < 4.78 is 6.40. The third kappa shape index (κ3) is 6.21. The lowest BCUT2D eigenvalue weighted by atomic mass is 10.1. The minimum atomic E-state index is -0.0331. The second-order valence-electron chi connectivity index (χ2n) is 4.54. The fourth-order valence-corrected chi connectivity index (χ4v) is 1.94. The van der Waals surface area contributed by atoms with Gasteiger partial charge in [-0.25, -0.2) is 0 Å². The lowest BCUT2D eigenvalue weighted by Crippen LogP contribution is -2.25. The normalized spacial score (nSPS) is 10.5. The third-order valence-electron chi connectivity index (χ3n) is 2.83. The van der Waals surface area contributed by atoms with Gasteiger partial charge in [-0.3, -0.25) is 4.79 Å². The van der Waals surface area contributed by atoms with Crippen LogP contribution >= 0.6 is 15.9 Å². The number of ether oxygens (including phenoxy) is 1. The molecule has 0 bridgehead atoms. The first-order valence-electron chi connectivity index (χ1n) is 6.77. The predicted octanol–water partition coefficient (Wildman–Crippen LogP) is 3.69. The lowest BCUT2D eigenvalue weighted by Gasteiger charge is -2.07. The Bertz CT molecular complexity index is 407. The molecular weight excluding hydrogens is 306 g/mol. The Hall–Kier alpha value is -0.870. The lowest BCUT2D eigenvalue weighted by molar-refractivity contribution is 0.0940. The zero-order valence-electron chi connectivity index (χ0n) is 11.7. The van der Waals surface area contributed by atoms with Crippen molar-refractivity contribution in [3.05, 3.63) is 33.8 Å². The second kappa shape index (κ2) is 9.10. The highest BCUT2D eigenvalue weighted by Crippen LogP contribution is 2.17. The molecule has 1 rings (SSSR count). The van der Waals surface area contributed by atoms with Crippen molar-refractivity contribution in [3.8, 4) is 0 Å². The number of carbonyl (C=O) groups is 1. The van der Waals surface area contributed by atoms with Crippen molar-refractivity contribution >= 4 is 21.8 Å². The second-order valence-corrected chi connectivity index (χ2v) is 5.39. The predicted molar refractivity (Wildman–Crippen MR) is 81.6 cm³/mol. The van der Waals surface area contributed by atoms with E-state index in [1.54, 1.807) is 0 Å². The highest BCUT2D eigenvalue weighted by Gasteiger charge is 2.06. The van der Waals surface area contributed by atoms with E-state index < -0.39 is 0 Å². The fraction of sp³-hybridized carbons (Fsp3) is 0.533. The minimum absolute atomic E-state index is 0.0331. The van der Waals surface area contributed by atoms with Crippen LogP contribution in [0.3, 0.4) is 0 Å². The van der Waals surface area contributed by atoms with E-state index in [-0.39, 0.29) is 5.91 Å². The van der Waals surface area contributed by atoms with Crippen LogP contribution in [0.1, 0.15) is 42.1 Å². The van der Waals surface area contributed by atoms with Gasteiger partial charge in [0, 0.05) is 29.8 Å². The number of rotatable bonds is 8. The third-order valence-corrected chi connectivity index (χ3v) is 3.68. The van der Waals surface area contributed by atoms with E-state index in [4.69, 9.17) is 4.74 Å². The van der Waals surface area contributed by atoms with Crippen molar-refractivity contribution in [2.45, 2.75) is 33.1 Å². The van der Waals surface area contributed by atoms with Gasteiger partial charge in [-0.05, 0) is 37.5 Å². The zero-order valence-corrected chi connectivity index (χ0v) is 13.3. The Kier molecular flexibility index (Phi) is 7.75. The maximum atomic E-state index is 11.9. The first-order valence-corrected chi connectivity index (χ1v) is 7.56. The summed E-state index contributed by atoms with van der Waals surface area (Å²) >= 11 is 3.43. The van der Waals surface area contributed by atoms with Crippen LogP contribution in [0.5, 0.6) is 0 Å².